The summed E-state index contributed by atoms with van der Waals surface area (Å²) in [6.45, 7) is 4.29. The van der Waals surface area contributed by atoms with Crippen molar-refractivity contribution >= 4 is 22.5 Å². The van der Waals surface area contributed by atoms with E-state index in [2.05, 4.69) is 30.1 Å². The SMILES string of the molecule is CC(C)c1cc(Cl)c2cn[nH]c2c1. The van der Waals surface area contributed by atoms with Gasteiger partial charge in [0.25, 0.3) is 0 Å². The molecule has 68 valence electrons. The summed E-state index contributed by atoms with van der Waals surface area (Å²) in [6.07, 6.45) is 1.75. The van der Waals surface area contributed by atoms with E-state index in [1.54, 1.807) is 6.20 Å². The minimum Gasteiger partial charge on any atom is -0.278 e. The Morgan fingerprint density at radius 2 is 2.15 bits per heavy atom. The van der Waals surface area contributed by atoms with E-state index in [1.807, 2.05) is 6.07 Å². The maximum absolute atomic E-state index is 6.09. The first-order valence-electron chi connectivity index (χ1n) is 4.31. The molecule has 1 aromatic carbocycles. The molecule has 1 heterocycles. The van der Waals surface area contributed by atoms with Gasteiger partial charge in [0.1, 0.15) is 0 Å². The minimum absolute atomic E-state index is 0.491. The number of nitrogens with zero attached hydrogens (tertiary/aromatic N) is 1. The molecule has 0 saturated heterocycles. The Labute approximate surface area is 81.9 Å². The Bertz CT molecular complexity index is 431. The fraction of sp³-hybridized carbons (Fsp3) is 0.300. The molecule has 0 aliphatic carbocycles. The van der Waals surface area contributed by atoms with Crippen LogP contribution >= 0.6 is 11.6 Å². The molecule has 0 radical (unpaired) electrons. The average Bonchev–Trinajstić information content (AvgIpc) is 2.51. The smallest absolute Gasteiger partial charge is 0.0668 e. The monoisotopic (exact) mass is 194 g/mol. The Kier molecular flexibility index (Phi) is 2.00. The molecule has 2 rings (SSSR count). The summed E-state index contributed by atoms with van der Waals surface area (Å²) in [5, 5.41) is 8.64. The van der Waals surface area contributed by atoms with E-state index in [1.165, 1.54) is 5.56 Å². The molecule has 2 nitrogen and oxygen atoms in total. The zero-order valence-electron chi connectivity index (χ0n) is 7.63. The van der Waals surface area contributed by atoms with Crippen LogP contribution in [0.1, 0.15) is 25.3 Å². The zero-order chi connectivity index (χ0) is 9.42. The number of fused-ring (bicyclic) bond motifs is 1. The van der Waals surface area contributed by atoms with Crippen LogP contribution in [-0.4, -0.2) is 10.2 Å². The first kappa shape index (κ1) is 8.57. The normalized spacial score (nSPS) is 11.4. The Balaban J connectivity index is 2.70. The van der Waals surface area contributed by atoms with E-state index in [-0.39, 0.29) is 0 Å². The van der Waals surface area contributed by atoms with Crippen molar-refractivity contribution in [3.63, 3.8) is 0 Å². The molecule has 0 amide bonds. The molecular formula is C10H11ClN2. The van der Waals surface area contributed by atoms with Crippen LogP contribution < -0.4 is 0 Å². The van der Waals surface area contributed by atoms with Gasteiger partial charge in [0, 0.05) is 5.39 Å². The van der Waals surface area contributed by atoms with Gasteiger partial charge in [-0.05, 0) is 23.6 Å². The highest BCUT2D eigenvalue weighted by atomic mass is 35.5. The number of benzene rings is 1. The molecule has 0 atom stereocenters. The van der Waals surface area contributed by atoms with Crippen molar-refractivity contribution in [3.05, 3.63) is 28.9 Å². The predicted octanol–water partition coefficient (Wildman–Crippen LogP) is 3.34. The topological polar surface area (TPSA) is 28.7 Å². The Morgan fingerprint density at radius 1 is 1.38 bits per heavy atom. The molecule has 0 spiro atoms. The summed E-state index contributed by atoms with van der Waals surface area (Å²) in [5.74, 6) is 0.491. The highest BCUT2D eigenvalue weighted by Crippen LogP contribution is 2.27. The molecule has 0 saturated carbocycles. The first-order chi connectivity index (χ1) is 6.18. The quantitative estimate of drug-likeness (QED) is 0.741. The number of aromatic amines is 1. The number of H-pyrrole nitrogens is 1. The number of hydrogen-bond donors (Lipinski definition) is 1. The van der Waals surface area contributed by atoms with Crippen LogP contribution in [0.25, 0.3) is 10.9 Å². The van der Waals surface area contributed by atoms with Gasteiger partial charge in [-0.1, -0.05) is 25.4 Å². The third-order valence-electron chi connectivity index (χ3n) is 2.20. The molecule has 0 aliphatic heterocycles. The molecule has 1 N–H and O–H groups in total. The molecule has 2 aromatic rings. The maximum Gasteiger partial charge on any atom is 0.0668 e. The van der Waals surface area contributed by atoms with Gasteiger partial charge in [0.2, 0.25) is 0 Å². The highest BCUT2D eigenvalue weighted by Gasteiger charge is 2.05. The molecule has 0 aliphatic rings. The van der Waals surface area contributed by atoms with Crippen LogP contribution in [0.2, 0.25) is 5.02 Å². The van der Waals surface area contributed by atoms with Gasteiger partial charge in [-0.3, -0.25) is 5.10 Å². The van der Waals surface area contributed by atoms with Gasteiger partial charge in [-0.2, -0.15) is 5.10 Å². The predicted molar refractivity (Wildman–Crippen MR) is 55.2 cm³/mol. The third kappa shape index (κ3) is 1.42. The lowest BCUT2D eigenvalue weighted by Gasteiger charge is -2.05. The lowest BCUT2D eigenvalue weighted by Crippen LogP contribution is -1.86. The van der Waals surface area contributed by atoms with E-state index < -0.39 is 0 Å². The van der Waals surface area contributed by atoms with Crippen molar-refractivity contribution in [2.45, 2.75) is 19.8 Å². The molecule has 0 fully saturated rings. The molecule has 0 bridgehead atoms. The summed E-state index contributed by atoms with van der Waals surface area (Å²) in [7, 11) is 0. The molecule has 3 heteroatoms. The molecule has 13 heavy (non-hydrogen) atoms. The number of aromatic nitrogens is 2. The van der Waals surface area contributed by atoms with Crippen molar-refractivity contribution in [2.75, 3.05) is 0 Å². The van der Waals surface area contributed by atoms with Gasteiger partial charge in [-0.15, -0.1) is 0 Å². The highest BCUT2D eigenvalue weighted by molar-refractivity contribution is 6.35. The van der Waals surface area contributed by atoms with Crippen molar-refractivity contribution in [1.29, 1.82) is 0 Å². The average molecular weight is 195 g/mol. The van der Waals surface area contributed by atoms with Crippen LogP contribution in [0.5, 0.6) is 0 Å². The van der Waals surface area contributed by atoms with Crippen molar-refractivity contribution in [2.24, 2.45) is 0 Å². The lowest BCUT2D eigenvalue weighted by atomic mass is 10.0. The van der Waals surface area contributed by atoms with E-state index in [0.717, 1.165) is 15.9 Å². The second kappa shape index (κ2) is 3.04. The number of nitrogens with one attached hydrogen (secondary N) is 1. The van der Waals surface area contributed by atoms with Crippen LogP contribution in [0, 0.1) is 0 Å². The fourth-order valence-corrected chi connectivity index (χ4v) is 1.64. The van der Waals surface area contributed by atoms with E-state index in [4.69, 9.17) is 11.6 Å². The molecule has 0 unspecified atom stereocenters. The second-order valence-electron chi connectivity index (χ2n) is 3.49. The largest absolute Gasteiger partial charge is 0.278 e. The van der Waals surface area contributed by atoms with E-state index in [9.17, 15) is 0 Å². The van der Waals surface area contributed by atoms with Crippen molar-refractivity contribution in [1.82, 2.24) is 10.2 Å². The molecule has 1 aromatic heterocycles. The first-order valence-corrected chi connectivity index (χ1v) is 4.69. The summed E-state index contributed by atoms with van der Waals surface area (Å²) in [5.41, 5.74) is 2.25. The summed E-state index contributed by atoms with van der Waals surface area (Å²) in [4.78, 5) is 0. The van der Waals surface area contributed by atoms with Gasteiger partial charge >= 0.3 is 0 Å². The van der Waals surface area contributed by atoms with E-state index >= 15 is 0 Å². The van der Waals surface area contributed by atoms with Gasteiger partial charge < -0.3 is 0 Å². The lowest BCUT2D eigenvalue weighted by molar-refractivity contribution is 0.868. The maximum atomic E-state index is 6.09. The van der Waals surface area contributed by atoms with Gasteiger partial charge in [0.05, 0.1) is 16.7 Å². The fourth-order valence-electron chi connectivity index (χ4n) is 1.36. The van der Waals surface area contributed by atoms with Crippen LogP contribution in [0.3, 0.4) is 0 Å². The number of hydrogen-bond acceptors (Lipinski definition) is 1. The second-order valence-corrected chi connectivity index (χ2v) is 3.90. The summed E-state index contributed by atoms with van der Waals surface area (Å²) < 4.78 is 0. The minimum atomic E-state index is 0.491. The van der Waals surface area contributed by atoms with Gasteiger partial charge in [-0.25, -0.2) is 0 Å². The van der Waals surface area contributed by atoms with Gasteiger partial charge in [0.15, 0.2) is 0 Å². The Hall–Kier alpha value is -1.02. The third-order valence-corrected chi connectivity index (χ3v) is 2.51. The summed E-state index contributed by atoms with van der Waals surface area (Å²) in [6, 6.07) is 4.10. The van der Waals surface area contributed by atoms with E-state index in [0.29, 0.717) is 5.92 Å². The van der Waals surface area contributed by atoms with Crippen molar-refractivity contribution in [3.8, 4) is 0 Å². The van der Waals surface area contributed by atoms with Crippen LogP contribution in [0.15, 0.2) is 18.3 Å². The van der Waals surface area contributed by atoms with Crippen LogP contribution in [-0.2, 0) is 0 Å². The Morgan fingerprint density at radius 3 is 2.85 bits per heavy atom. The zero-order valence-corrected chi connectivity index (χ0v) is 8.39. The standard InChI is InChI=1S/C10H11ClN2/c1-6(2)7-3-9(11)8-5-12-13-10(8)4-7/h3-6H,1-2H3,(H,12,13). The number of halogens is 1. The van der Waals surface area contributed by atoms with Crippen LogP contribution in [0.4, 0.5) is 0 Å². The number of rotatable bonds is 1. The summed E-state index contributed by atoms with van der Waals surface area (Å²) >= 11 is 6.09. The molecular weight excluding hydrogens is 184 g/mol. The van der Waals surface area contributed by atoms with Crippen molar-refractivity contribution < 1.29 is 0 Å².